The Labute approximate surface area is 122 Å². The first-order valence-corrected chi connectivity index (χ1v) is 6.48. The maximum atomic E-state index is 10.8. The second-order valence-electron chi connectivity index (χ2n) is 4.84. The van der Waals surface area contributed by atoms with Crippen molar-refractivity contribution in [3.05, 3.63) is 63.7 Å². The third kappa shape index (κ3) is 3.18. The van der Waals surface area contributed by atoms with Gasteiger partial charge in [-0.3, -0.25) is 10.1 Å². The minimum Gasteiger partial charge on any atom is -0.457 e. The van der Waals surface area contributed by atoms with Gasteiger partial charge < -0.3 is 4.74 Å². The Kier molecular flexibility index (Phi) is 4.19. The maximum Gasteiger partial charge on any atom is 0.287 e. The van der Waals surface area contributed by atoms with E-state index in [9.17, 15) is 10.1 Å². The number of rotatable bonds is 4. The zero-order valence-electron chi connectivity index (χ0n) is 11.7. The van der Waals surface area contributed by atoms with Crippen molar-refractivity contribution in [2.45, 2.75) is 19.8 Å². The normalized spacial score (nSPS) is 10.2. The first-order valence-electron chi connectivity index (χ1n) is 6.48. The van der Waals surface area contributed by atoms with E-state index in [0.29, 0.717) is 11.5 Å². The molecule has 5 heteroatoms. The van der Waals surface area contributed by atoms with Crippen LogP contribution >= 0.6 is 0 Å². The predicted molar refractivity (Wildman–Crippen MR) is 78.4 cm³/mol. The van der Waals surface area contributed by atoms with Crippen molar-refractivity contribution in [3.63, 3.8) is 0 Å². The van der Waals surface area contributed by atoms with Crippen molar-refractivity contribution in [3.8, 4) is 17.6 Å². The number of ether oxygens (including phenoxy) is 1. The molecule has 0 saturated heterocycles. The summed E-state index contributed by atoms with van der Waals surface area (Å²) in [7, 11) is 0. The summed E-state index contributed by atoms with van der Waals surface area (Å²) in [5.74, 6) is 1.38. The zero-order valence-corrected chi connectivity index (χ0v) is 11.7. The smallest absolute Gasteiger partial charge is 0.287 e. The molecule has 0 heterocycles. The minimum atomic E-state index is -0.579. The van der Waals surface area contributed by atoms with Crippen molar-refractivity contribution >= 4 is 5.69 Å². The van der Waals surface area contributed by atoms with Gasteiger partial charge >= 0.3 is 0 Å². The lowest BCUT2D eigenvalue weighted by molar-refractivity contribution is -0.385. The number of nitrogens with zero attached hydrogens (tertiary/aromatic N) is 2. The van der Waals surface area contributed by atoms with Gasteiger partial charge in [-0.25, -0.2) is 0 Å². The lowest BCUT2D eigenvalue weighted by Crippen LogP contribution is -1.96. The number of nitriles is 1. The van der Waals surface area contributed by atoms with E-state index in [1.807, 2.05) is 30.3 Å². The first-order chi connectivity index (χ1) is 10.0. The van der Waals surface area contributed by atoms with E-state index in [0.717, 1.165) is 5.56 Å². The van der Waals surface area contributed by atoms with E-state index in [-0.39, 0.29) is 17.2 Å². The van der Waals surface area contributed by atoms with Crippen LogP contribution in [0.5, 0.6) is 11.5 Å². The molecule has 2 aromatic rings. The quantitative estimate of drug-likeness (QED) is 0.615. The molecule has 0 aromatic heterocycles. The summed E-state index contributed by atoms with van der Waals surface area (Å²) in [6.45, 7) is 4.11. The van der Waals surface area contributed by atoms with Gasteiger partial charge in [0, 0.05) is 12.1 Å². The molecule has 5 nitrogen and oxygen atoms in total. The van der Waals surface area contributed by atoms with Gasteiger partial charge in [-0.05, 0) is 23.6 Å². The summed E-state index contributed by atoms with van der Waals surface area (Å²) in [5.41, 5.74) is 0.802. The molecule has 0 unspecified atom stereocenters. The van der Waals surface area contributed by atoms with Crippen molar-refractivity contribution < 1.29 is 9.66 Å². The summed E-state index contributed by atoms with van der Waals surface area (Å²) in [5, 5.41) is 19.8. The molecule has 0 N–H and O–H groups in total. The highest BCUT2D eigenvalue weighted by Crippen LogP contribution is 2.32. The molecule has 0 atom stereocenters. The molecule has 0 saturated carbocycles. The Balaban J connectivity index is 2.38. The van der Waals surface area contributed by atoms with Crippen LogP contribution in [0, 0.1) is 21.4 Å². The van der Waals surface area contributed by atoms with Crippen LogP contribution in [0.2, 0.25) is 0 Å². The van der Waals surface area contributed by atoms with Crippen molar-refractivity contribution in [2.75, 3.05) is 0 Å². The Morgan fingerprint density at radius 1 is 1.24 bits per heavy atom. The highest BCUT2D eigenvalue weighted by molar-refractivity contribution is 5.53. The number of nitro benzene ring substituents is 1. The molecule has 0 aliphatic heterocycles. The summed E-state index contributed by atoms with van der Waals surface area (Å²) in [6, 6.07) is 13.6. The van der Waals surface area contributed by atoms with Gasteiger partial charge in [-0.15, -0.1) is 0 Å². The predicted octanol–water partition coefficient (Wildman–Crippen LogP) is 4.38. The average Bonchev–Trinajstić information content (AvgIpc) is 2.47. The maximum absolute atomic E-state index is 10.8. The van der Waals surface area contributed by atoms with Crippen LogP contribution in [-0.2, 0) is 0 Å². The third-order valence-corrected chi connectivity index (χ3v) is 3.05. The van der Waals surface area contributed by atoms with Gasteiger partial charge in [0.05, 0.1) is 4.92 Å². The SMILES string of the molecule is CC(C)c1ccccc1Oc1ccc([N+](=O)[O-])c(C#N)c1. The number of benzene rings is 2. The fourth-order valence-electron chi connectivity index (χ4n) is 2.00. The number of hydrogen-bond donors (Lipinski definition) is 0. The topological polar surface area (TPSA) is 76.2 Å². The fraction of sp³-hybridized carbons (Fsp3) is 0.188. The van der Waals surface area contributed by atoms with Crippen LogP contribution in [0.25, 0.3) is 0 Å². The highest BCUT2D eigenvalue weighted by atomic mass is 16.6. The Morgan fingerprint density at radius 2 is 1.95 bits per heavy atom. The Bertz CT molecular complexity index is 718. The fourth-order valence-corrected chi connectivity index (χ4v) is 2.00. The van der Waals surface area contributed by atoms with Crippen LogP contribution in [0.1, 0.15) is 30.9 Å². The summed E-state index contributed by atoms with van der Waals surface area (Å²) >= 11 is 0. The van der Waals surface area contributed by atoms with E-state index in [2.05, 4.69) is 13.8 Å². The molecule has 0 amide bonds. The first kappa shape index (κ1) is 14.5. The van der Waals surface area contributed by atoms with Crippen LogP contribution in [0.4, 0.5) is 5.69 Å². The molecular formula is C16H14N2O3. The molecule has 2 aromatic carbocycles. The lowest BCUT2D eigenvalue weighted by atomic mass is 10.0. The van der Waals surface area contributed by atoms with Gasteiger partial charge in [-0.2, -0.15) is 5.26 Å². The lowest BCUT2D eigenvalue weighted by Gasteiger charge is -2.13. The molecular weight excluding hydrogens is 268 g/mol. The van der Waals surface area contributed by atoms with Gasteiger partial charge in [-0.1, -0.05) is 32.0 Å². The van der Waals surface area contributed by atoms with E-state index >= 15 is 0 Å². The Hall–Kier alpha value is -2.87. The van der Waals surface area contributed by atoms with Crippen molar-refractivity contribution in [1.82, 2.24) is 0 Å². The highest BCUT2D eigenvalue weighted by Gasteiger charge is 2.15. The number of hydrogen-bond acceptors (Lipinski definition) is 4. The third-order valence-electron chi connectivity index (χ3n) is 3.05. The molecule has 0 spiro atoms. The van der Waals surface area contributed by atoms with Crippen LogP contribution in [-0.4, -0.2) is 4.92 Å². The molecule has 106 valence electrons. The van der Waals surface area contributed by atoms with E-state index < -0.39 is 4.92 Å². The van der Waals surface area contributed by atoms with Crippen molar-refractivity contribution in [1.29, 1.82) is 5.26 Å². The molecule has 0 bridgehead atoms. The number of nitro groups is 1. The summed E-state index contributed by atoms with van der Waals surface area (Å²) in [4.78, 5) is 10.2. The van der Waals surface area contributed by atoms with Crippen molar-refractivity contribution in [2.24, 2.45) is 0 Å². The second kappa shape index (κ2) is 6.06. The monoisotopic (exact) mass is 282 g/mol. The van der Waals surface area contributed by atoms with Gasteiger partial charge in [0.2, 0.25) is 0 Å². The van der Waals surface area contributed by atoms with Gasteiger partial charge in [0.25, 0.3) is 5.69 Å². The zero-order chi connectivity index (χ0) is 15.4. The standard InChI is InChI=1S/C16H14N2O3/c1-11(2)14-5-3-4-6-16(14)21-13-7-8-15(18(19)20)12(9-13)10-17/h3-9,11H,1-2H3. The van der Waals surface area contributed by atoms with Crippen LogP contribution < -0.4 is 4.74 Å². The minimum absolute atomic E-state index is 0.0143. The molecule has 21 heavy (non-hydrogen) atoms. The van der Waals surface area contributed by atoms with Crippen LogP contribution in [0.15, 0.2) is 42.5 Å². The van der Waals surface area contributed by atoms with E-state index in [4.69, 9.17) is 10.00 Å². The van der Waals surface area contributed by atoms with E-state index in [1.54, 1.807) is 0 Å². The molecule has 0 fully saturated rings. The second-order valence-corrected chi connectivity index (χ2v) is 4.84. The van der Waals surface area contributed by atoms with Gasteiger partial charge in [0.15, 0.2) is 0 Å². The average molecular weight is 282 g/mol. The Morgan fingerprint density at radius 3 is 2.57 bits per heavy atom. The molecule has 0 radical (unpaired) electrons. The summed E-state index contributed by atoms with van der Waals surface area (Å²) in [6.07, 6.45) is 0. The van der Waals surface area contributed by atoms with Crippen LogP contribution in [0.3, 0.4) is 0 Å². The summed E-state index contributed by atoms with van der Waals surface area (Å²) < 4.78 is 5.77. The molecule has 0 aliphatic carbocycles. The van der Waals surface area contributed by atoms with E-state index in [1.165, 1.54) is 18.2 Å². The largest absolute Gasteiger partial charge is 0.457 e. The molecule has 2 rings (SSSR count). The van der Waals surface area contributed by atoms with Gasteiger partial charge in [0.1, 0.15) is 23.1 Å². The molecule has 0 aliphatic rings. The number of para-hydroxylation sites is 1.